The van der Waals surface area contributed by atoms with Gasteiger partial charge in [0.05, 0.1) is 22.5 Å². The number of rotatable bonds is 6. The van der Waals surface area contributed by atoms with Gasteiger partial charge in [0.2, 0.25) is 0 Å². The van der Waals surface area contributed by atoms with E-state index in [4.69, 9.17) is 4.52 Å². The smallest absolute Gasteiger partial charge is 0.364 e. The van der Waals surface area contributed by atoms with E-state index in [-0.39, 0.29) is 11.4 Å². The van der Waals surface area contributed by atoms with Crippen molar-refractivity contribution >= 4 is 5.52 Å². The van der Waals surface area contributed by atoms with E-state index in [0.29, 0.717) is 29.6 Å². The molecule has 2 atom stereocenters. The summed E-state index contributed by atoms with van der Waals surface area (Å²) in [7, 11) is 0. The molecule has 1 aliphatic carbocycles. The second kappa shape index (κ2) is 10.0. The zero-order valence-electron chi connectivity index (χ0n) is 22.2. The molecule has 2 aliphatic rings. The monoisotopic (exact) mass is 538 g/mol. The molecule has 1 aliphatic heterocycles. The van der Waals surface area contributed by atoms with Gasteiger partial charge in [-0.2, -0.15) is 13.2 Å². The molecule has 0 radical (unpaired) electrons. The summed E-state index contributed by atoms with van der Waals surface area (Å²) < 4.78 is 50.4. The molecule has 1 saturated carbocycles. The average molecular weight is 539 g/mol. The lowest BCUT2D eigenvalue weighted by molar-refractivity contribution is -0.136. The standard InChI is InChI=1S/C30H33F3N4O2/c1-19-6-5-11-35(14-19)15-21-12-25(30(31,32)33)26-17-36(29(38)37(26)16-21)24-10-4-9-23(13-24)27(22-7-3-8-22)28-20(2)18-39-34-28/h4,9-10,12-13,16-19,22,27H,3,5-8,11,14-15H2,1-2H3/t19-,27-/m0/s1. The second-order valence-corrected chi connectivity index (χ2v) is 11.4. The van der Waals surface area contributed by atoms with Crippen LogP contribution >= 0.6 is 0 Å². The number of aromatic nitrogens is 3. The Balaban J connectivity index is 1.42. The van der Waals surface area contributed by atoms with E-state index in [1.807, 2.05) is 25.1 Å². The third-order valence-electron chi connectivity index (χ3n) is 8.48. The molecule has 2 fully saturated rings. The van der Waals surface area contributed by atoms with Gasteiger partial charge in [0.25, 0.3) is 0 Å². The number of imidazole rings is 1. The van der Waals surface area contributed by atoms with Gasteiger partial charge in [-0.3, -0.25) is 13.9 Å². The summed E-state index contributed by atoms with van der Waals surface area (Å²) in [5.41, 5.74) is 2.40. The van der Waals surface area contributed by atoms with E-state index in [0.717, 1.165) is 66.4 Å². The van der Waals surface area contributed by atoms with Crippen LogP contribution in [0.2, 0.25) is 0 Å². The highest BCUT2D eigenvalue weighted by atomic mass is 19.4. The second-order valence-electron chi connectivity index (χ2n) is 11.4. The third kappa shape index (κ3) is 4.93. The van der Waals surface area contributed by atoms with Crippen LogP contribution in [0.15, 0.2) is 58.3 Å². The van der Waals surface area contributed by atoms with Crippen molar-refractivity contribution in [2.24, 2.45) is 11.8 Å². The van der Waals surface area contributed by atoms with Gasteiger partial charge < -0.3 is 4.52 Å². The number of likely N-dealkylation sites (tertiary alicyclic amines) is 1. The van der Waals surface area contributed by atoms with Crippen molar-refractivity contribution < 1.29 is 17.7 Å². The summed E-state index contributed by atoms with van der Waals surface area (Å²) in [5, 5.41) is 4.27. The normalized spacial score (nSPS) is 19.9. The zero-order chi connectivity index (χ0) is 27.3. The van der Waals surface area contributed by atoms with Crippen molar-refractivity contribution in [1.29, 1.82) is 0 Å². The van der Waals surface area contributed by atoms with Crippen LogP contribution in [-0.2, 0) is 12.7 Å². The minimum Gasteiger partial charge on any atom is -0.364 e. The van der Waals surface area contributed by atoms with Crippen molar-refractivity contribution in [1.82, 2.24) is 19.0 Å². The van der Waals surface area contributed by atoms with E-state index < -0.39 is 17.4 Å². The number of hydrogen-bond donors (Lipinski definition) is 0. The Bertz CT molecular complexity index is 1550. The molecule has 4 aromatic rings. The Morgan fingerprint density at radius 3 is 2.62 bits per heavy atom. The molecule has 3 aromatic heterocycles. The number of aryl methyl sites for hydroxylation is 1. The molecule has 0 unspecified atom stereocenters. The van der Waals surface area contributed by atoms with Gasteiger partial charge in [-0.15, -0.1) is 0 Å². The maximum absolute atomic E-state index is 14.2. The van der Waals surface area contributed by atoms with Gasteiger partial charge in [0.1, 0.15) is 6.26 Å². The summed E-state index contributed by atoms with van der Waals surface area (Å²) in [6.07, 6.45) is 5.39. The van der Waals surface area contributed by atoms with Crippen LogP contribution in [0.25, 0.3) is 11.2 Å². The number of piperidine rings is 1. The summed E-state index contributed by atoms with van der Waals surface area (Å²) in [6, 6.07) is 8.73. The maximum atomic E-state index is 14.2. The summed E-state index contributed by atoms with van der Waals surface area (Å²) >= 11 is 0. The highest BCUT2D eigenvalue weighted by Gasteiger charge is 2.35. The van der Waals surface area contributed by atoms with Crippen molar-refractivity contribution in [3.05, 3.63) is 87.4 Å². The lowest BCUT2D eigenvalue weighted by Gasteiger charge is -2.33. The van der Waals surface area contributed by atoms with Gasteiger partial charge in [0.15, 0.2) is 0 Å². The average Bonchev–Trinajstić information content (AvgIpc) is 3.43. The van der Waals surface area contributed by atoms with Crippen molar-refractivity contribution in [3.63, 3.8) is 0 Å². The minimum atomic E-state index is -4.59. The van der Waals surface area contributed by atoms with Crippen molar-refractivity contribution in [2.75, 3.05) is 13.1 Å². The van der Waals surface area contributed by atoms with E-state index in [9.17, 15) is 18.0 Å². The molecule has 0 spiro atoms. The first-order valence-corrected chi connectivity index (χ1v) is 13.8. The van der Waals surface area contributed by atoms with Crippen LogP contribution in [0.3, 0.4) is 0 Å². The molecular formula is C30H33F3N4O2. The largest absolute Gasteiger partial charge is 0.418 e. The van der Waals surface area contributed by atoms with Gasteiger partial charge in [-0.05, 0) is 80.3 Å². The summed E-state index contributed by atoms with van der Waals surface area (Å²) in [4.78, 5) is 15.8. The number of fused-ring (bicyclic) bond motifs is 1. The quantitative estimate of drug-likeness (QED) is 0.279. The Kier molecular flexibility index (Phi) is 6.65. The minimum absolute atomic E-state index is 0.00876. The molecule has 0 amide bonds. The molecule has 4 heterocycles. The molecule has 1 aromatic carbocycles. The Labute approximate surface area is 225 Å². The van der Waals surface area contributed by atoms with Gasteiger partial charge in [-0.1, -0.05) is 30.6 Å². The fraction of sp³-hybridized carbons (Fsp3) is 0.467. The molecule has 6 nitrogen and oxygen atoms in total. The first-order chi connectivity index (χ1) is 18.7. The number of pyridine rings is 1. The number of halogens is 3. The first-order valence-electron chi connectivity index (χ1n) is 13.8. The van der Waals surface area contributed by atoms with Crippen LogP contribution in [-0.4, -0.2) is 32.1 Å². The fourth-order valence-electron chi connectivity index (χ4n) is 6.32. The first kappa shape index (κ1) is 25.9. The van der Waals surface area contributed by atoms with E-state index >= 15 is 0 Å². The van der Waals surface area contributed by atoms with Gasteiger partial charge in [0, 0.05) is 37.0 Å². The van der Waals surface area contributed by atoms with Gasteiger partial charge in [-0.25, -0.2) is 4.79 Å². The van der Waals surface area contributed by atoms with Crippen LogP contribution in [0.1, 0.15) is 72.9 Å². The fourth-order valence-corrected chi connectivity index (χ4v) is 6.32. The van der Waals surface area contributed by atoms with Crippen molar-refractivity contribution in [2.45, 2.75) is 64.6 Å². The molecule has 206 valence electrons. The molecule has 6 rings (SSSR count). The number of nitrogens with zero attached hydrogens (tertiary/aromatic N) is 4. The highest BCUT2D eigenvalue weighted by molar-refractivity contribution is 5.58. The van der Waals surface area contributed by atoms with Crippen molar-refractivity contribution in [3.8, 4) is 5.69 Å². The third-order valence-corrected chi connectivity index (χ3v) is 8.48. The lowest BCUT2D eigenvalue weighted by Crippen LogP contribution is -2.34. The summed E-state index contributed by atoms with van der Waals surface area (Å²) in [5.74, 6) is 0.922. The zero-order valence-corrected chi connectivity index (χ0v) is 22.2. The van der Waals surface area contributed by atoms with Crippen LogP contribution in [0, 0.1) is 18.8 Å². The molecular weight excluding hydrogens is 505 g/mol. The molecule has 0 bridgehead atoms. The van der Waals surface area contributed by atoms with E-state index in [1.54, 1.807) is 18.5 Å². The molecule has 39 heavy (non-hydrogen) atoms. The number of alkyl halides is 3. The molecule has 1 saturated heterocycles. The van der Waals surface area contributed by atoms with E-state index in [1.165, 1.54) is 16.8 Å². The van der Waals surface area contributed by atoms with Crippen LogP contribution < -0.4 is 5.69 Å². The van der Waals surface area contributed by atoms with E-state index in [2.05, 4.69) is 17.0 Å². The Morgan fingerprint density at radius 2 is 1.95 bits per heavy atom. The number of benzene rings is 1. The molecule has 0 N–H and O–H groups in total. The topological polar surface area (TPSA) is 55.7 Å². The number of hydrogen-bond acceptors (Lipinski definition) is 4. The lowest BCUT2D eigenvalue weighted by atomic mass is 9.71. The maximum Gasteiger partial charge on any atom is 0.418 e. The van der Waals surface area contributed by atoms with Crippen LogP contribution in [0.4, 0.5) is 13.2 Å². The SMILES string of the molecule is Cc1conc1[C@H](c1cccc(-n2cc3c(C(F)(F)F)cc(CN4CCC[C@H](C)C4)cn3c2=O)c1)C1CCC1. The summed E-state index contributed by atoms with van der Waals surface area (Å²) in [6.45, 7) is 6.20. The Hall–Kier alpha value is -3.33. The Morgan fingerprint density at radius 1 is 1.13 bits per heavy atom. The molecule has 9 heteroatoms. The van der Waals surface area contributed by atoms with Gasteiger partial charge >= 0.3 is 11.9 Å². The predicted molar refractivity (Wildman–Crippen MR) is 142 cm³/mol. The highest BCUT2D eigenvalue weighted by Crippen LogP contribution is 2.44. The predicted octanol–water partition coefficient (Wildman–Crippen LogP) is 6.57. The van der Waals surface area contributed by atoms with Crippen LogP contribution in [0.5, 0.6) is 0 Å².